The number of aryl methyl sites for hydroxylation is 1. The summed E-state index contributed by atoms with van der Waals surface area (Å²) in [5, 5.41) is 9.27. The molecule has 0 unspecified atom stereocenters. The first-order valence-corrected chi connectivity index (χ1v) is 4.63. The molecular weight excluding hydrogens is 201 g/mol. The highest BCUT2D eigenvalue weighted by Crippen LogP contribution is 2.29. The van der Waals surface area contributed by atoms with Crippen LogP contribution in [0.4, 0.5) is 4.39 Å². The maximum Gasteiger partial charge on any atom is 0.129 e. The maximum absolute atomic E-state index is 13.5. The van der Waals surface area contributed by atoms with Crippen LogP contribution >= 0.6 is 11.6 Å². The van der Waals surface area contributed by atoms with Gasteiger partial charge in [-0.15, -0.1) is 0 Å². The maximum atomic E-state index is 13.5. The van der Waals surface area contributed by atoms with Gasteiger partial charge in [0.25, 0.3) is 0 Å². The number of nitrogens with zero attached hydrogens (tertiary/aromatic N) is 1. The van der Waals surface area contributed by atoms with Crippen LogP contribution in [0.1, 0.15) is 25.0 Å². The first-order chi connectivity index (χ1) is 6.38. The van der Waals surface area contributed by atoms with Crippen molar-refractivity contribution in [2.24, 2.45) is 0 Å². The molecule has 1 aromatic carbocycles. The highest BCUT2D eigenvalue weighted by molar-refractivity contribution is 6.31. The Morgan fingerprint density at radius 2 is 2.00 bits per heavy atom. The minimum Gasteiger partial charge on any atom is -0.207 e. The average Bonchev–Trinajstić information content (AvgIpc) is 2.11. The van der Waals surface area contributed by atoms with E-state index in [0.717, 1.165) is 5.56 Å². The van der Waals surface area contributed by atoms with Crippen molar-refractivity contribution >= 4 is 11.6 Å². The Labute approximate surface area is 88.1 Å². The first kappa shape index (κ1) is 11.0. The molecule has 1 nitrogen and oxygen atoms in total. The van der Waals surface area contributed by atoms with Gasteiger partial charge in [-0.25, -0.2) is 4.39 Å². The Bertz CT molecular complexity index is 404. The Morgan fingerprint density at radius 3 is 2.50 bits per heavy atom. The van der Waals surface area contributed by atoms with Gasteiger partial charge in [0.1, 0.15) is 5.82 Å². The Hall–Kier alpha value is -1.07. The van der Waals surface area contributed by atoms with Crippen molar-refractivity contribution in [2.75, 3.05) is 0 Å². The molecule has 3 heteroatoms. The Kier molecular flexibility index (Phi) is 2.82. The predicted octanol–water partition coefficient (Wildman–Crippen LogP) is 3.59. The normalized spacial score (nSPS) is 11.1. The zero-order chi connectivity index (χ0) is 10.9. The van der Waals surface area contributed by atoms with E-state index >= 15 is 0 Å². The second-order valence-electron chi connectivity index (χ2n) is 3.82. The van der Waals surface area contributed by atoms with Crippen LogP contribution in [-0.4, -0.2) is 0 Å². The summed E-state index contributed by atoms with van der Waals surface area (Å²) in [6, 6.07) is 4.94. The highest BCUT2D eigenvalue weighted by atomic mass is 35.5. The molecule has 1 rings (SSSR count). The van der Waals surface area contributed by atoms with Crippen molar-refractivity contribution in [2.45, 2.75) is 26.2 Å². The summed E-state index contributed by atoms with van der Waals surface area (Å²) in [6.45, 7) is 5.15. The molecule has 0 saturated carbocycles. The molecule has 0 spiro atoms. The molecule has 0 N–H and O–H groups in total. The summed E-state index contributed by atoms with van der Waals surface area (Å²) < 4.78 is 13.5. The van der Waals surface area contributed by atoms with Crippen molar-refractivity contribution < 1.29 is 4.39 Å². The van der Waals surface area contributed by atoms with Gasteiger partial charge in [-0.1, -0.05) is 17.7 Å². The third kappa shape index (κ3) is 1.88. The van der Waals surface area contributed by atoms with E-state index in [2.05, 4.69) is 6.07 Å². The minimum absolute atomic E-state index is 0.389. The van der Waals surface area contributed by atoms with Crippen molar-refractivity contribution in [3.05, 3.63) is 34.1 Å². The SMILES string of the molecule is Cc1cc(C(C)(C)C#N)c(F)cc1Cl. The molecule has 0 aliphatic rings. The van der Waals surface area contributed by atoms with Gasteiger partial charge in [0.05, 0.1) is 11.5 Å². The van der Waals surface area contributed by atoms with E-state index in [-0.39, 0.29) is 0 Å². The first-order valence-electron chi connectivity index (χ1n) is 4.26. The molecule has 1 aromatic rings. The lowest BCUT2D eigenvalue weighted by atomic mass is 9.85. The van der Waals surface area contributed by atoms with E-state index in [0.29, 0.717) is 10.6 Å². The molecule has 0 fully saturated rings. The second-order valence-corrected chi connectivity index (χ2v) is 4.23. The fourth-order valence-electron chi connectivity index (χ4n) is 1.20. The molecule has 0 amide bonds. The summed E-state index contributed by atoms with van der Waals surface area (Å²) in [5.74, 6) is -0.424. The average molecular weight is 212 g/mol. The van der Waals surface area contributed by atoms with Crippen LogP contribution in [-0.2, 0) is 5.41 Å². The smallest absolute Gasteiger partial charge is 0.129 e. The quantitative estimate of drug-likeness (QED) is 0.697. The van der Waals surface area contributed by atoms with Gasteiger partial charge in [0, 0.05) is 10.6 Å². The molecule has 0 bridgehead atoms. The number of hydrogen-bond acceptors (Lipinski definition) is 1. The van der Waals surface area contributed by atoms with E-state index in [1.807, 2.05) is 0 Å². The van der Waals surface area contributed by atoms with Crippen LogP contribution in [0.3, 0.4) is 0 Å². The second kappa shape index (κ2) is 3.59. The van der Waals surface area contributed by atoms with E-state index in [9.17, 15) is 4.39 Å². The van der Waals surface area contributed by atoms with Gasteiger partial charge in [-0.05, 0) is 32.4 Å². The van der Waals surface area contributed by atoms with Crippen LogP contribution in [0.25, 0.3) is 0 Å². The molecule has 0 aliphatic carbocycles. The summed E-state index contributed by atoms with van der Waals surface area (Å²) in [4.78, 5) is 0. The lowest BCUT2D eigenvalue weighted by Gasteiger charge is -2.17. The van der Waals surface area contributed by atoms with Gasteiger partial charge in [-0.3, -0.25) is 0 Å². The van der Waals surface area contributed by atoms with Gasteiger partial charge in [0.2, 0.25) is 0 Å². The van der Waals surface area contributed by atoms with Crippen molar-refractivity contribution in [3.63, 3.8) is 0 Å². The number of rotatable bonds is 1. The van der Waals surface area contributed by atoms with E-state index in [1.54, 1.807) is 26.8 Å². The van der Waals surface area contributed by atoms with Crippen LogP contribution in [0, 0.1) is 24.1 Å². The lowest BCUT2D eigenvalue weighted by Crippen LogP contribution is -2.16. The van der Waals surface area contributed by atoms with Crippen LogP contribution in [0.15, 0.2) is 12.1 Å². The topological polar surface area (TPSA) is 23.8 Å². The minimum atomic E-state index is -0.820. The molecule has 0 aromatic heterocycles. The molecule has 74 valence electrons. The molecule has 14 heavy (non-hydrogen) atoms. The van der Waals surface area contributed by atoms with E-state index in [4.69, 9.17) is 16.9 Å². The summed E-state index contributed by atoms with van der Waals surface area (Å²) in [7, 11) is 0. The predicted molar refractivity (Wildman–Crippen MR) is 54.8 cm³/mol. The summed E-state index contributed by atoms with van der Waals surface area (Å²) in [6.07, 6.45) is 0. The molecule has 0 saturated heterocycles. The molecule has 0 radical (unpaired) electrons. The summed E-state index contributed by atoms with van der Waals surface area (Å²) >= 11 is 5.76. The molecule has 0 aliphatic heterocycles. The largest absolute Gasteiger partial charge is 0.207 e. The van der Waals surface area contributed by atoms with Gasteiger partial charge < -0.3 is 0 Å². The number of benzene rings is 1. The third-order valence-corrected chi connectivity index (χ3v) is 2.61. The fourth-order valence-corrected chi connectivity index (χ4v) is 1.35. The van der Waals surface area contributed by atoms with Gasteiger partial charge in [-0.2, -0.15) is 5.26 Å². The van der Waals surface area contributed by atoms with Crippen LogP contribution < -0.4 is 0 Å². The fraction of sp³-hybridized carbons (Fsp3) is 0.364. The van der Waals surface area contributed by atoms with Crippen molar-refractivity contribution in [1.82, 2.24) is 0 Å². The zero-order valence-corrected chi connectivity index (χ0v) is 9.11. The molecule has 0 heterocycles. The van der Waals surface area contributed by atoms with Crippen LogP contribution in [0.5, 0.6) is 0 Å². The summed E-state index contributed by atoms with van der Waals surface area (Å²) in [5.41, 5.74) is 0.354. The Morgan fingerprint density at radius 1 is 1.43 bits per heavy atom. The molecule has 0 atom stereocenters. The van der Waals surface area contributed by atoms with E-state index < -0.39 is 11.2 Å². The van der Waals surface area contributed by atoms with Crippen LogP contribution in [0.2, 0.25) is 5.02 Å². The highest BCUT2D eigenvalue weighted by Gasteiger charge is 2.24. The van der Waals surface area contributed by atoms with Gasteiger partial charge in [0.15, 0.2) is 0 Å². The standard InChI is InChI=1S/C11H11ClFN/c1-7-4-8(11(2,3)6-14)10(13)5-9(7)12/h4-5H,1-3H3. The zero-order valence-electron chi connectivity index (χ0n) is 8.36. The molecular formula is C11H11ClFN. The van der Waals surface area contributed by atoms with Crippen molar-refractivity contribution in [1.29, 1.82) is 5.26 Å². The number of nitriles is 1. The van der Waals surface area contributed by atoms with E-state index in [1.165, 1.54) is 6.07 Å². The number of hydrogen-bond donors (Lipinski definition) is 0. The number of halogens is 2. The Balaban J connectivity index is 3.38. The lowest BCUT2D eigenvalue weighted by molar-refractivity contribution is 0.564. The monoisotopic (exact) mass is 211 g/mol. The van der Waals surface area contributed by atoms with Crippen molar-refractivity contribution in [3.8, 4) is 6.07 Å². The van der Waals surface area contributed by atoms with Gasteiger partial charge >= 0.3 is 0 Å². The third-order valence-electron chi connectivity index (χ3n) is 2.20.